The summed E-state index contributed by atoms with van der Waals surface area (Å²) in [7, 11) is 0. The molecule has 0 spiro atoms. The molecule has 0 aliphatic carbocycles. The number of rotatable bonds is 2. The molecule has 0 saturated heterocycles. The van der Waals surface area contributed by atoms with Crippen molar-refractivity contribution in [1.82, 2.24) is 10.1 Å². The van der Waals surface area contributed by atoms with Gasteiger partial charge < -0.3 is 10.3 Å². The van der Waals surface area contributed by atoms with Gasteiger partial charge in [0, 0.05) is 22.7 Å². The van der Waals surface area contributed by atoms with Crippen LogP contribution in [0.2, 0.25) is 0 Å². The van der Waals surface area contributed by atoms with Gasteiger partial charge in [0.05, 0.1) is 5.52 Å². The number of benzene rings is 1. The van der Waals surface area contributed by atoms with Crippen molar-refractivity contribution in [2.24, 2.45) is 0 Å². The zero-order chi connectivity index (χ0) is 12.5. The van der Waals surface area contributed by atoms with E-state index in [-0.39, 0.29) is 0 Å². The number of anilines is 1. The summed E-state index contributed by atoms with van der Waals surface area (Å²) in [5.41, 5.74) is 9.51. The van der Waals surface area contributed by atoms with E-state index in [0.29, 0.717) is 5.88 Å². The van der Waals surface area contributed by atoms with Crippen LogP contribution >= 0.6 is 0 Å². The minimum Gasteiger partial charge on any atom is -0.367 e. The third-order valence-corrected chi connectivity index (χ3v) is 3.07. The van der Waals surface area contributed by atoms with E-state index in [2.05, 4.69) is 10.1 Å². The number of nitrogen functional groups attached to an aromatic ring is 1. The van der Waals surface area contributed by atoms with E-state index in [1.54, 1.807) is 6.20 Å². The predicted molar refractivity (Wildman–Crippen MR) is 71.0 cm³/mol. The van der Waals surface area contributed by atoms with Crippen molar-refractivity contribution < 1.29 is 4.52 Å². The fourth-order valence-corrected chi connectivity index (χ4v) is 2.18. The maximum absolute atomic E-state index is 5.79. The van der Waals surface area contributed by atoms with E-state index < -0.39 is 0 Å². The number of nitrogens with zero attached hydrogens (tertiary/aromatic N) is 2. The molecule has 0 unspecified atom stereocenters. The number of hydrogen-bond donors (Lipinski definition) is 1. The van der Waals surface area contributed by atoms with Gasteiger partial charge in [0.25, 0.3) is 0 Å². The number of hydrogen-bond acceptors (Lipinski definition) is 4. The lowest BCUT2D eigenvalue weighted by molar-refractivity contribution is 0.438. The SMILES string of the molecule is CCc1c(-c2cccc3ncccc23)noc1N. The van der Waals surface area contributed by atoms with Crippen LogP contribution in [0.5, 0.6) is 0 Å². The van der Waals surface area contributed by atoms with E-state index >= 15 is 0 Å². The second-order valence-electron chi connectivity index (χ2n) is 4.10. The second kappa shape index (κ2) is 4.14. The molecule has 0 radical (unpaired) electrons. The molecule has 2 N–H and O–H groups in total. The van der Waals surface area contributed by atoms with Gasteiger partial charge >= 0.3 is 0 Å². The monoisotopic (exact) mass is 239 g/mol. The molecule has 0 amide bonds. The van der Waals surface area contributed by atoms with Gasteiger partial charge in [-0.3, -0.25) is 4.98 Å². The van der Waals surface area contributed by atoms with Gasteiger partial charge in [-0.05, 0) is 18.6 Å². The maximum Gasteiger partial charge on any atom is 0.225 e. The molecule has 0 aliphatic rings. The second-order valence-corrected chi connectivity index (χ2v) is 4.10. The lowest BCUT2D eigenvalue weighted by atomic mass is 10.0. The summed E-state index contributed by atoms with van der Waals surface area (Å²) in [6.45, 7) is 2.04. The van der Waals surface area contributed by atoms with Crippen LogP contribution in [0.3, 0.4) is 0 Å². The van der Waals surface area contributed by atoms with Crippen molar-refractivity contribution in [2.75, 3.05) is 5.73 Å². The van der Waals surface area contributed by atoms with Crippen molar-refractivity contribution in [3.63, 3.8) is 0 Å². The highest BCUT2D eigenvalue weighted by atomic mass is 16.5. The number of pyridine rings is 1. The number of aromatic nitrogens is 2. The quantitative estimate of drug-likeness (QED) is 0.746. The topological polar surface area (TPSA) is 64.9 Å². The number of fused-ring (bicyclic) bond motifs is 1. The Morgan fingerprint density at radius 1 is 1.22 bits per heavy atom. The standard InChI is InChI=1S/C14H13N3O/c1-2-9-13(17-18-14(9)15)11-5-3-7-12-10(11)6-4-8-16-12/h3-8H,2,15H2,1H3. The molecular formula is C14H13N3O. The predicted octanol–water partition coefficient (Wildman–Crippen LogP) is 3.03. The van der Waals surface area contributed by atoms with Crippen molar-refractivity contribution in [3.8, 4) is 11.3 Å². The molecule has 0 saturated carbocycles. The molecular weight excluding hydrogens is 226 g/mol. The molecule has 2 heterocycles. The first-order valence-electron chi connectivity index (χ1n) is 5.89. The molecule has 0 atom stereocenters. The lowest BCUT2D eigenvalue weighted by Crippen LogP contribution is -1.91. The Bertz CT molecular complexity index is 698. The minimum atomic E-state index is 0.397. The van der Waals surface area contributed by atoms with Crippen LogP contribution in [-0.2, 0) is 6.42 Å². The molecule has 18 heavy (non-hydrogen) atoms. The Balaban J connectivity index is 2.31. The van der Waals surface area contributed by atoms with Gasteiger partial charge in [-0.25, -0.2) is 0 Å². The maximum atomic E-state index is 5.79. The first-order chi connectivity index (χ1) is 8.81. The first-order valence-corrected chi connectivity index (χ1v) is 5.89. The highest BCUT2D eigenvalue weighted by Gasteiger charge is 2.15. The van der Waals surface area contributed by atoms with E-state index in [9.17, 15) is 0 Å². The molecule has 90 valence electrons. The smallest absolute Gasteiger partial charge is 0.225 e. The van der Waals surface area contributed by atoms with Crippen LogP contribution in [0.25, 0.3) is 22.2 Å². The van der Waals surface area contributed by atoms with Crippen LogP contribution in [-0.4, -0.2) is 10.1 Å². The van der Waals surface area contributed by atoms with Crippen LogP contribution < -0.4 is 5.73 Å². The largest absolute Gasteiger partial charge is 0.367 e. The third-order valence-electron chi connectivity index (χ3n) is 3.07. The van der Waals surface area contributed by atoms with E-state index in [4.69, 9.17) is 10.3 Å². The fourth-order valence-electron chi connectivity index (χ4n) is 2.18. The van der Waals surface area contributed by atoms with Crippen molar-refractivity contribution in [2.45, 2.75) is 13.3 Å². The van der Waals surface area contributed by atoms with E-state index in [1.807, 2.05) is 37.3 Å². The van der Waals surface area contributed by atoms with Crippen molar-refractivity contribution in [1.29, 1.82) is 0 Å². The van der Waals surface area contributed by atoms with Crippen LogP contribution in [0.4, 0.5) is 5.88 Å². The van der Waals surface area contributed by atoms with Gasteiger partial charge in [0.15, 0.2) is 0 Å². The highest BCUT2D eigenvalue weighted by Crippen LogP contribution is 2.32. The molecule has 0 aliphatic heterocycles. The summed E-state index contributed by atoms with van der Waals surface area (Å²) in [6, 6.07) is 9.91. The molecule has 2 aromatic heterocycles. The van der Waals surface area contributed by atoms with Gasteiger partial charge in [-0.1, -0.05) is 30.3 Å². The molecule has 0 bridgehead atoms. The molecule has 3 aromatic rings. The van der Waals surface area contributed by atoms with Gasteiger partial charge in [0.1, 0.15) is 5.69 Å². The Morgan fingerprint density at radius 3 is 2.94 bits per heavy atom. The summed E-state index contributed by atoms with van der Waals surface area (Å²) >= 11 is 0. The van der Waals surface area contributed by atoms with Crippen molar-refractivity contribution >= 4 is 16.8 Å². The third kappa shape index (κ3) is 1.54. The Morgan fingerprint density at radius 2 is 2.11 bits per heavy atom. The van der Waals surface area contributed by atoms with Crippen LogP contribution in [0.1, 0.15) is 12.5 Å². The highest BCUT2D eigenvalue weighted by molar-refractivity contribution is 5.94. The van der Waals surface area contributed by atoms with E-state index in [1.165, 1.54) is 0 Å². The van der Waals surface area contributed by atoms with Gasteiger partial charge in [-0.15, -0.1) is 0 Å². The molecule has 4 heteroatoms. The Labute approximate surface area is 104 Å². The van der Waals surface area contributed by atoms with Gasteiger partial charge in [-0.2, -0.15) is 0 Å². The average Bonchev–Trinajstić information content (AvgIpc) is 2.79. The van der Waals surface area contributed by atoms with E-state index in [0.717, 1.165) is 34.1 Å². The van der Waals surface area contributed by atoms with Crippen LogP contribution in [0, 0.1) is 0 Å². The normalized spacial score (nSPS) is 10.9. The molecule has 3 rings (SSSR count). The van der Waals surface area contributed by atoms with Gasteiger partial charge in [0.2, 0.25) is 5.88 Å². The lowest BCUT2D eigenvalue weighted by Gasteiger charge is -2.04. The Kier molecular flexibility index (Phi) is 2.48. The molecule has 4 nitrogen and oxygen atoms in total. The van der Waals surface area contributed by atoms with Crippen LogP contribution in [0.15, 0.2) is 41.1 Å². The minimum absolute atomic E-state index is 0.397. The Hall–Kier alpha value is -2.36. The fraction of sp³-hybridized carbons (Fsp3) is 0.143. The van der Waals surface area contributed by atoms with Crippen molar-refractivity contribution in [3.05, 3.63) is 42.1 Å². The zero-order valence-corrected chi connectivity index (χ0v) is 10.1. The summed E-state index contributed by atoms with van der Waals surface area (Å²) < 4.78 is 5.10. The number of nitrogens with two attached hydrogens (primary N) is 1. The molecule has 1 aromatic carbocycles. The average molecular weight is 239 g/mol. The summed E-state index contributed by atoms with van der Waals surface area (Å²) in [4.78, 5) is 4.34. The summed E-state index contributed by atoms with van der Waals surface area (Å²) in [5.74, 6) is 0.397. The zero-order valence-electron chi connectivity index (χ0n) is 10.1. The molecule has 0 fully saturated rings. The summed E-state index contributed by atoms with van der Waals surface area (Å²) in [6.07, 6.45) is 2.57. The summed E-state index contributed by atoms with van der Waals surface area (Å²) in [5, 5.41) is 5.14. The first kappa shape index (κ1) is 10.8.